The Labute approximate surface area is 245 Å². The number of aryl methyl sites for hydroxylation is 1. The Morgan fingerprint density at radius 2 is 1.88 bits per heavy atom. The fourth-order valence-electron chi connectivity index (χ4n) is 5.83. The summed E-state index contributed by atoms with van der Waals surface area (Å²) in [4.78, 5) is 35.8. The Hall–Kier alpha value is -4.37. The summed E-state index contributed by atoms with van der Waals surface area (Å²) in [5.41, 5.74) is 1.49. The van der Waals surface area contributed by atoms with Crippen LogP contribution in [0.3, 0.4) is 0 Å². The largest absolute Gasteiger partial charge is 0.497 e. The zero-order chi connectivity index (χ0) is 29.1. The molecular weight excluding hydrogens is 532 g/mol. The molecule has 2 aliphatic rings. The van der Waals surface area contributed by atoms with E-state index in [0.717, 1.165) is 60.0 Å². The first-order valence-electron chi connectivity index (χ1n) is 14.6. The molecule has 2 amide bonds. The van der Waals surface area contributed by atoms with Crippen molar-refractivity contribution in [3.63, 3.8) is 0 Å². The number of methoxy groups -OCH3 is 1. The van der Waals surface area contributed by atoms with Crippen LogP contribution in [0.1, 0.15) is 47.4 Å². The third-order valence-electron chi connectivity index (χ3n) is 8.06. The molecule has 0 radical (unpaired) electrons. The predicted octanol–water partition coefficient (Wildman–Crippen LogP) is 5.84. The maximum absolute atomic E-state index is 13.9. The van der Waals surface area contributed by atoms with Gasteiger partial charge in [0.2, 0.25) is 5.88 Å². The van der Waals surface area contributed by atoms with Gasteiger partial charge < -0.3 is 19.1 Å². The van der Waals surface area contributed by atoms with Gasteiger partial charge in [-0.25, -0.2) is 9.78 Å². The van der Waals surface area contributed by atoms with Crippen LogP contribution < -0.4 is 14.4 Å². The Balaban J connectivity index is 1.32. The standard InChI is InChI=1S/C33H36N4O5/c1-35(31(38)28-16-8-12-24-11-3-4-15-27(24)28)30-32(37-18-6-5-17-29(37)34-30)42-33(39)36(22-26-14-9-19-41-26)21-23-10-7-13-25(20-23)40-2/h3-4,7-8,10-13,15-16,20,26H,5-6,9,14,17-19,21-22H2,1-2H3. The molecule has 0 saturated carbocycles. The van der Waals surface area contributed by atoms with E-state index in [4.69, 9.17) is 19.2 Å². The van der Waals surface area contributed by atoms with Gasteiger partial charge in [0.15, 0.2) is 5.82 Å². The van der Waals surface area contributed by atoms with Crippen molar-refractivity contribution >= 4 is 28.6 Å². The number of hydrogen-bond acceptors (Lipinski definition) is 6. The first-order chi connectivity index (χ1) is 20.5. The highest BCUT2D eigenvalue weighted by molar-refractivity contribution is 6.14. The second kappa shape index (κ2) is 12.2. The van der Waals surface area contributed by atoms with Crippen molar-refractivity contribution in [2.45, 2.75) is 51.3 Å². The average molecular weight is 569 g/mol. The van der Waals surface area contributed by atoms with Crippen LogP contribution in [0, 0.1) is 0 Å². The van der Waals surface area contributed by atoms with Gasteiger partial charge in [0.1, 0.15) is 11.6 Å². The van der Waals surface area contributed by atoms with E-state index in [9.17, 15) is 9.59 Å². The van der Waals surface area contributed by atoms with E-state index in [2.05, 4.69) is 0 Å². The van der Waals surface area contributed by atoms with Crippen LogP contribution in [0.2, 0.25) is 0 Å². The van der Waals surface area contributed by atoms with Crippen LogP contribution in [0.5, 0.6) is 11.6 Å². The molecule has 9 nitrogen and oxygen atoms in total. The zero-order valence-electron chi connectivity index (χ0n) is 24.1. The summed E-state index contributed by atoms with van der Waals surface area (Å²) in [7, 11) is 3.31. The highest BCUT2D eigenvalue weighted by Crippen LogP contribution is 2.34. The Morgan fingerprint density at radius 3 is 2.71 bits per heavy atom. The maximum atomic E-state index is 13.9. The van der Waals surface area contributed by atoms with Gasteiger partial charge in [-0.05, 0) is 60.2 Å². The number of fused-ring (bicyclic) bond motifs is 2. The number of anilines is 1. The number of carbonyl (C=O) groups excluding carboxylic acids is 2. The van der Waals surface area contributed by atoms with E-state index in [-0.39, 0.29) is 12.0 Å². The number of imidazole rings is 1. The lowest BCUT2D eigenvalue weighted by atomic mass is 10.0. The summed E-state index contributed by atoms with van der Waals surface area (Å²) in [5, 5.41) is 1.84. The number of amides is 2. The van der Waals surface area contributed by atoms with E-state index in [1.54, 1.807) is 19.1 Å². The number of hydrogen-bond donors (Lipinski definition) is 0. The second-order valence-electron chi connectivity index (χ2n) is 10.9. The number of ether oxygens (including phenoxy) is 3. The second-order valence-corrected chi connectivity index (χ2v) is 10.9. The van der Waals surface area contributed by atoms with Crippen LogP contribution in [0.25, 0.3) is 10.8 Å². The normalized spacial score (nSPS) is 16.2. The molecule has 1 unspecified atom stereocenters. The molecule has 1 saturated heterocycles. The highest BCUT2D eigenvalue weighted by Gasteiger charge is 2.31. The predicted molar refractivity (Wildman–Crippen MR) is 160 cm³/mol. The number of nitrogens with zero attached hydrogens (tertiary/aromatic N) is 4. The molecule has 3 heterocycles. The first kappa shape index (κ1) is 27.8. The van der Waals surface area contributed by atoms with Gasteiger partial charge in [0.25, 0.3) is 5.91 Å². The van der Waals surface area contributed by atoms with Crippen LogP contribution in [0.15, 0.2) is 66.7 Å². The smallest absolute Gasteiger partial charge is 0.417 e. The van der Waals surface area contributed by atoms with Gasteiger partial charge in [-0.15, -0.1) is 0 Å². The number of carbonyl (C=O) groups is 2. The lowest BCUT2D eigenvalue weighted by Crippen LogP contribution is -2.39. The fourth-order valence-corrected chi connectivity index (χ4v) is 5.83. The first-order valence-corrected chi connectivity index (χ1v) is 14.6. The van der Waals surface area contributed by atoms with Crippen LogP contribution in [0.4, 0.5) is 10.6 Å². The molecule has 4 aromatic rings. The summed E-state index contributed by atoms with van der Waals surface area (Å²) in [5.74, 6) is 1.96. The van der Waals surface area contributed by atoms with Crippen LogP contribution in [-0.4, -0.2) is 59.9 Å². The summed E-state index contributed by atoms with van der Waals surface area (Å²) in [6.45, 7) is 2.09. The molecule has 0 N–H and O–H groups in total. The molecule has 3 aromatic carbocycles. The van der Waals surface area contributed by atoms with Gasteiger partial charge in [-0.3, -0.25) is 14.3 Å². The fraction of sp³-hybridized carbons (Fsp3) is 0.364. The van der Waals surface area contributed by atoms with Crippen molar-refractivity contribution in [3.05, 3.63) is 83.7 Å². The van der Waals surface area contributed by atoms with E-state index in [1.807, 2.05) is 71.3 Å². The quantitative estimate of drug-likeness (QED) is 0.266. The summed E-state index contributed by atoms with van der Waals surface area (Å²) in [6.07, 6.45) is 3.98. The Kier molecular flexibility index (Phi) is 8.10. The summed E-state index contributed by atoms with van der Waals surface area (Å²) in [6, 6.07) is 21.1. The number of rotatable bonds is 8. The minimum atomic E-state index is -0.506. The third-order valence-corrected chi connectivity index (χ3v) is 8.06. The molecule has 0 spiro atoms. The Morgan fingerprint density at radius 1 is 1.05 bits per heavy atom. The minimum absolute atomic E-state index is 0.0578. The van der Waals surface area contributed by atoms with Gasteiger partial charge in [0, 0.05) is 38.7 Å². The zero-order valence-corrected chi connectivity index (χ0v) is 24.1. The van der Waals surface area contributed by atoms with Gasteiger partial charge in [0.05, 0.1) is 19.8 Å². The van der Waals surface area contributed by atoms with E-state index in [0.29, 0.717) is 43.5 Å². The van der Waals surface area contributed by atoms with Gasteiger partial charge in [-0.1, -0.05) is 48.5 Å². The maximum Gasteiger partial charge on any atom is 0.417 e. The van der Waals surface area contributed by atoms with Crippen molar-refractivity contribution in [3.8, 4) is 11.6 Å². The monoisotopic (exact) mass is 568 g/mol. The number of aromatic nitrogens is 2. The average Bonchev–Trinajstić information content (AvgIpc) is 3.68. The SMILES string of the molecule is COc1cccc(CN(CC2CCCO2)C(=O)Oc2c(N(C)C(=O)c3cccc4ccccc34)nc3n2CCCC3)c1. The van der Waals surface area contributed by atoms with Crippen LogP contribution >= 0.6 is 0 Å². The molecule has 218 valence electrons. The van der Waals surface area contributed by atoms with Crippen LogP contribution in [-0.2, 0) is 24.2 Å². The van der Waals surface area contributed by atoms with Crippen molar-refractivity contribution < 1.29 is 23.8 Å². The Bertz CT molecular complexity index is 1590. The summed E-state index contributed by atoms with van der Waals surface area (Å²) >= 11 is 0. The minimum Gasteiger partial charge on any atom is -0.497 e. The molecule has 0 bridgehead atoms. The van der Waals surface area contributed by atoms with Gasteiger partial charge >= 0.3 is 6.09 Å². The summed E-state index contributed by atoms with van der Waals surface area (Å²) < 4.78 is 19.4. The molecule has 42 heavy (non-hydrogen) atoms. The van der Waals surface area contributed by atoms with Crippen molar-refractivity contribution in [2.75, 3.05) is 32.2 Å². The molecule has 9 heteroatoms. The molecule has 0 aliphatic carbocycles. The van der Waals surface area contributed by atoms with Crippen molar-refractivity contribution in [1.82, 2.24) is 14.5 Å². The topological polar surface area (TPSA) is 86.1 Å². The molecule has 1 atom stereocenters. The van der Waals surface area contributed by atoms with Crippen molar-refractivity contribution in [2.24, 2.45) is 0 Å². The van der Waals surface area contributed by atoms with Crippen molar-refractivity contribution in [1.29, 1.82) is 0 Å². The number of benzene rings is 3. The van der Waals surface area contributed by atoms with E-state index < -0.39 is 6.09 Å². The third kappa shape index (κ3) is 5.69. The molecule has 1 aromatic heterocycles. The van der Waals surface area contributed by atoms with E-state index in [1.165, 1.54) is 4.90 Å². The molecular formula is C33H36N4O5. The molecule has 1 fully saturated rings. The molecule has 6 rings (SSSR count). The molecule has 2 aliphatic heterocycles. The lowest BCUT2D eigenvalue weighted by molar-refractivity contribution is 0.0685. The van der Waals surface area contributed by atoms with Gasteiger partial charge in [-0.2, -0.15) is 0 Å². The highest BCUT2D eigenvalue weighted by atomic mass is 16.6. The van der Waals surface area contributed by atoms with E-state index >= 15 is 0 Å². The lowest BCUT2D eigenvalue weighted by Gasteiger charge is -2.26.